The van der Waals surface area contributed by atoms with Gasteiger partial charge in [0, 0.05) is 25.3 Å². The van der Waals surface area contributed by atoms with Gasteiger partial charge in [0.15, 0.2) is 0 Å². The van der Waals surface area contributed by atoms with Crippen molar-refractivity contribution in [1.82, 2.24) is 9.97 Å². The van der Waals surface area contributed by atoms with Crippen LogP contribution >= 0.6 is 0 Å². The average Bonchev–Trinajstić information content (AvgIpc) is 2.60. The Hall–Kier alpha value is -2.18. The molecule has 2 aromatic rings. The molecule has 0 saturated heterocycles. The number of aliphatic hydroxyl groups excluding tert-OH is 2. The molecule has 0 aliphatic carbocycles. The topological polar surface area (TPSA) is 81.5 Å². The third-order valence-corrected chi connectivity index (χ3v) is 4.34. The van der Waals surface area contributed by atoms with E-state index in [9.17, 15) is 5.11 Å². The van der Waals surface area contributed by atoms with Gasteiger partial charge >= 0.3 is 0 Å². The zero-order chi connectivity index (χ0) is 17.1. The summed E-state index contributed by atoms with van der Waals surface area (Å²) in [5, 5.41) is 21.9. The lowest BCUT2D eigenvalue weighted by molar-refractivity contribution is 0.199. The predicted octanol–water partition coefficient (Wildman–Crippen LogP) is 1.89. The van der Waals surface area contributed by atoms with Crippen LogP contribution in [0, 0.1) is 0 Å². The summed E-state index contributed by atoms with van der Waals surface area (Å²) in [6, 6.07) is 8.01. The third kappa shape index (κ3) is 3.66. The predicted molar refractivity (Wildman–Crippen MR) is 94.0 cm³/mol. The fraction of sp³-hybridized carbons (Fsp3) is 0.444. The molecule has 6 heteroatoms. The Morgan fingerprint density at radius 1 is 1.25 bits per heavy atom. The smallest absolute Gasteiger partial charge is 0.224 e. The van der Waals surface area contributed by atoms with Crippen molar-refractivity contribution in [3.63, 3.8) is 0 Å². The van der Waals surface area contributed by atoms with Crippen LogP contribution in [-0.4, -0.2) is 39.4 Å². The number of hydrogen-bond donors (Lipinski definition) is 3. The van der Waals surface area contributed by atoms with Crippen LogP contribution < -0.4 is 10.2 Å². The molecule has 1 aromatic carbocycles. The highest BCUT2D eigenvalue weighted by atomic mass is 16.3. The molecular weight excluding hydrogens is 304 g/mol. The Labute approximate surface area is 142 Å². The van der Waals surface area contributed by atoms with Crippen LogP contribution in [0.1, 0.15) is 36.6 Å². The van der Waals surface area contributed by atoms with Crippen molar-refractivity contribution in [2.75, 3.05) is 23.4 Å². The maximum Gasteiger partial charge on any atom is 0.224 e. The van der Waals surface area contributed by atoms with Gasteiger partial charge in [-0.3, -0.25) is 0 Å². The number of aromatic nitrogens is 2. The van der Waals surface area contributed by atoms with Crippen LogP contribution in [0.2, 0.25) is 0 Å². The van der Waals surface area contributed by atoms with E-state index < -0.39 is 6.10 Å². The molecule has 2 heterocycles. The van der Waals surface area contributed by atoms with Crippen LogP contribution in [0.15, 0.2) is 30.5 Å². The first-order valence-electron chi connectivity index (χ1n) is 8.32. The number of fused-ring (bicyclic) bond motifs is 1. The second-order valence-corrected chi connectivity index (χ2v) is 6.34. The number of nitrogens with zero attached hydrogens (tertiary/aromatic N) is 3. The number of anilines is 2. The standard InChI is InChI=1S/C18H24N4O2/c1-12(11-23)20-18-19-7-5-17(21-18)22-8-6-15-9-14(13(2)24)3-4-16(15)10-22/h3-5,7,9,12-13,23-24H,6,8,10-11H2,1-2H3,(H,19,20,21)/t12-,13-/m1/s1. The van der Waals surface area contributed by atoms with Crippen LogP contribution in [0.4, 0.5) is 11.8 Å². The highest BCUT2D eigenvalue weighted by Gasteiger charge is 2.19. The molecule has 3 rings (SSSR count). The van der Waals surface area contributed by atoms with E-state index in [-0.39, 0.29) is 12.6 Å². The highest BCUT2D eigenvalue weighted by molar-refractivity contribution is 5.47. The number of benzene rings is 1. The minimum Gasteiger partial charge on any atom is -0.394 e. The lowest BCUT2D eigenvalue weighted by Gasteiger charge is -2.30. The van der Waals surface area contributed by atoms with Crippen molar-refractivity contribution in [1.29, 1.82) is 0 Å². The molecule has 0 unspecified atom stereocenters. The first-order valence-corrected chi connectivity index (χ1v) is 8.32. The van der Waals surface area contributed by atoms with Gasteiger partial charge in [-0.05, 0) is 43.0 Å². The van der Waals surface area contributed by atoms with Gasteiger partial charge in [-0.2, -0.15) is 4.98 Å². The fourth-order valence-corrected chi connectivity index (χ4v) is 2.89. The summed E-state index contributed by atoms with van der Waals surface area (Å²) in [7, 11) is 0. The molecule has 128 valence electrons. The number of aliphatic hydroxyl groups is 2. The van der Waals surface area contributed by atoms with Crippen molar-refractivity contribution in [3.05, 3.63) is 47.2 Å². The van der Waals surface area contributed by atoms with Gasteiger partial charge in [-0.1, -0.05) is 18.2 Å². The summed E-state index contributed by atoms with van der Waals surface area (Å²) in [4.78, 5) is 11.0. The molecule has 0 fully saturated rings. The van der Waals surface area contributed by atoms with E-state index in [1.54, 1.807) is 13.1 Å². The maximum atomic E-state index is 9.73. The zero-order valence-electron chi connectivity index (χ0n) is 14.1. The molecule has 3 N–H and O–H groups in total. The minimum absolute atomic E-state index is 0.0380. The summed E-state index contributed by atoms with van der Waals surface area (Å²) in [6.45, 7) is 5.38. The largest absolute Gasteiger partial charge is 0.394 e. The van der Waals surface area contributed by atoms with Gasteiger partial charge < -0.3 is 20.4 Å². The highest BCUT2D eigenvalue weighted by Crippen LogP contribution is 2.26. The molecule has 0 saturated carbocycles. The lowest BCUT2D eigenvalue weighted by atomic mass is 9.96. The Morgan fingerprint density at radius 2 is 2.08 bits per heavy atom. The Balaban J connectivity index is 1.77. The molecule has 1 aliphatic heterocycles. The molecule has 1 aliphatic rings. The molecule has 0 amide bonds. The Morgan fingerprint density at radius 3 is 2.83 bits per heavy atom. The summed E-state index contributed by atoms with van der Waals surface area (Å²) < 4.78 is 0. The summed E-state index contributed by atoms with van der Waals surface area (Å²) >= 11 is 0. The van der Waals surface area contributed by atoms with E-state index in [0.717, 1.165) is 30.9 Å². The van der Waals surface area contributed by atoms with Gasteiger partial charge in [-0.15, -0.1) is 0 Å². The monoisotopic (exact) mass is 328 g/mol. The zero-order valence-corrected chi connectivity index (χ0v) is 14.1. The van der Waals surface area contributed by atoms with E-state index >= 15 is 0 Å². The minimum atomic E-state index is -0.433. The van der Waals surface area contributed by atoms with Crippen molar-refractivity contribution in [3.8, 4) is 0 Å². The SMILES string of the molecule is C[C@H](CO)Nc1nccc(N2CCc3cc([C@@H](C)O)ccc3C2)n1. The van der Waals surface area contributed by atoms with E-state index in [2.05, 4.69) is 32.3 Å². The van der Waals surface area contributed by atoms with Crippen LogP contribution in [0.25, 0.3) is 0 Å². The van der Waals surface area contributed by atoms with Crippen molar-refractivity contribution >= 4 is 11.8 Å². The molecule has 24 heavy (non-hydrogen) atoms. The van der Waals surface area contributed by atoms with Gasteiger partial charge in [0.05, 0.1) is 12.7 Å². The molecule has 1 aromatic heterocycles. The van der Waals surface area contributed by atoms with Crippen molar-refractivity contribution in [2.24, 2.45) is 0 Å². The number of nitrogens with one attached hydrogen (secondary N) is 1. The second-order valence-electron chi connectivity index (χ2n) is 6.34. The number of hydrogen-bond acceptors (Lipinski definition) is 6. The maximum absolute atomic E-state index is 9.73. The second kappa shape index (κ2) is 7.15. The van der Waals surface area contributed by atoms with E-state index in [1.165, 1.54) is 11.1 Å². The van der Waals surface area contributed by atoms with Crippen molar-refractivity contribution in [2.45, 2.75) is 39.0 Å². The molecule has 0 radical (unpaired) electrons. The molecular formula is C18H24N4O2. The van der Waals surface area contributed by atoms with E-state index in [1.807, 2.05) is 19.1 Å². The summed E-state index contributed by atoms with van der Waals surface area (Å²) in [6.07, 6.45) is 2.23. The number of rotatable bonds is 5. The molecule has 0 spiro atoms. The Kier molecular flexibility index (Phi) is 4.97. The lowest BCUT2D eigenvalue weighted by Crippen LogP contribution is -2.31. The van der Waals surface area contributed by atoms with Gasteiger partial charge in [0.1, 0.15) is 5.82 Å². The quantitative estimate of drug-likeness (QED) is 0.777. The first-order chi connectivity index (χ1) is 11.6. The fourth-order valence-electron chi connectivity index (χ4n) is 2.89. The summed E-state index contributed by atoms with van der Waals surface area (Å²) in [5.41, 5.74) is 3.53. The molecule has 2 atom stereocenters. The van der Waals surface area contributed by atoms with Crippen LogP contribution in [0.3, 0.4) is 0 Å². The average molecular weight is 328 g/mol. The van der Waals surface area contributed by atoms with Gasteiger partial charge in [0.2, 0.25) is 5.95 Å². The van der Waals surface area contributed by atoms with E-state index in [0.29, 0.717) is 5.95 Å². The Bertz CT molecular complexity index is 705. The first kappa shape index (κ1) is 16.7. The van der Waals surface area contributed by atoms with Gasteiger partial charge in [-0.25, -0.2) is 4.98 Å². The summed E-state index contributed by atoms with van der Waals surface area (Å²) in [5.74, 6) is 1.41. The van der Waals surface area contributed by atoms with Crippen molar-refractivity contribution < 1.29 is 10.2 Å². The van der Waals surface area contributed by atoms with Gasteiger partial charge in [0.25, 0.3) is 0 Å². The van der Waals surface area contributed by atoms with Crippen LogP contribution in [-0.2, 0) is 13.0 Å². The third-order valence-electron chi connectivity index (χ3n) is 4.34. The van der Waals surface area contributed by atoms with E-state index in [4.69, 9.17) is 5.11 Å². The molecule has 0 bridgehead atoms. The molecule has 6 nitrogen and oxygen atoms in total. The normalized spacial score (nSPS) is 16.4. The van der Waals surface area contributed by atoms with Crippen LogP contribution in [0.5, 0.6) is 0 Å².